The number of benzene rings is 1. The van der Waals surface area contributed by atoms with E-state index in [4.69, 9.17) is 0 Å². The maximum Gasteiger partial charge on any atom is 0.0297 e. The van der Waals surface area contributed by atoms with Gasteiger partial charge in [-0.05, 0) is 56.1 Å². The SMILES string of the molecule is Cc1ccc(C(C)NC2CCCCC2C(C)(C)C)c(C)c1. The fourth-order valence-corrected chi connectivity index (χ4v) is 4.09. The molecule has 1 heteroatoms. The van der Waals surface area contributed by atoms with Crippen LogP contribution in [0.15, 0.2) is 18.2 Å². The van der Waals surface area contributed by atoms with Gasteiger partial charge in [0.1, 0.15) is 0 Å². The van der Waals surface area contributed by atoms with Gasteiger partial charge in [-0.3, -0.25) is 0 Å². The lowest BCUT2D eigenvalue weighted by molar-refractivity contribution is 0.124. The molecule has 3 atom stereocenters. The zero-order valence-electron chi connectivity index (χ0n) is 14.8. The van der Waals surface area contributed by atoms with Crippen molar-refractivity contribution in [2.75, 3.05) is 0 Å². The van der Waals surface area contributed by atoms with Crippen LogP contribution < -0.4 is 5.32 Å². The van der Waals surface area contributed by atoms with Crippen LogP contribution in [0, 0.1) is 25.2 Å². The molecule has 2 rings (SSSR count). The van der Waals surface area contributed by atoms with Crippen molar-refractivity contribution in [1.82, 2.24) is 5.32 Å². The van der Waals surface area contributed by atoms with Crippen LogP contribution in [-0.2, 0) is 0 Å². The maximum atomic E-state index is 3.95. The van der Waals surface area contributed by atoms with Gasteiger partial charge in [-0.1, -0.05) is 57.4 Å². The Kier molecular flexibility index (Phi) is 5.14. The highest BCUT2D eigenvalue weighted by Crippen LogP contribution is 2.39. The number of rotatable bonds is 3. The summed E-state index contributed by atoms with van der Waals surface area (Å²) in [7, 11) is 0. The van der Waals surface area contributed by atoms with Crippen LogP contribution >= 0.6 is 0 Å². The second-order valence-electron chi connectivity index (χ2n) is 8.11. The van der Waals surface area contributed by atoms with E-state index in [1.165, 1.54) is 42.4 Å². The third-order valence-corrected chi connectivity index (χ3v) is 5.23. The Morgan fingerprint density at radius 2 is 1.76 bits per heavy atom. The topological polar surface area (TPSA) is 12.0 Å². The van der Waals surface area contributed by atoms with Crippen LogP contribution in [0.5, 0.6) is 0 Å². The fourth-order valence-electron chi connectivity index (χ4n) is 4.09. The molecular weight excluding hydrogens is 254 g/mol. The van der Waals surface area contributed by atoms with Crippen molar-refractivity contribution in [2.24, 2.45) is 11.3 Å². The van der Waals surface area contributed by atoms with E-state index < -0.39 is 0 Å². The summed E-state index contributed by atoms with van der Waals surface area (Å²) in [5, 5.41) is 3.95. The summed E-state index contributed by atoms with van der Waals surface area (Å²) < 4.78 is 0. The fraction of sp³-hybridized carbons (Fsp3) is 0.700. The molecule has 1 aliphatic carbocycles. The molecule has 1 saturated carbocycles. The standard InChI is InChI=1S/C20H33N/c1-14-11-12-17(15(2)13-14)16(3)21-19-10-8-7-9-18(19)20(4,5)6/h11-13,16,18-19,21H,7-10H2,1-6H3. The lowest BCUT2D eigenvalue weighted by atomic mass is 9.69. The Bertz CT molecular complexity index is 469. The van der Waals surface area contributed by atoms with Gasteiger partial charge in [0.05, 0.1) is 0 Å². The Morgan fingerprint density at radius 1 is 1.10 bits per heavy atom. The summed E-state index contributed by atoms with van der Waals surface area (Å²) in [6.45, 7) is 13.9. The van der Waals surface area contributed by atoms with E-state index in [0.29, 0.717) is 17.5 Å². The highest BCUT2D eigenvalue weighted by Gasteiger charge is 2.34. The molecule has 1 fully saturated rings. The minimum atomic E-state index is 0.403. The van der Waals surface area contributed by atoms with Gasteiger partial charge in [-0.2, -0.15) is 0 Å². The number of nitrogens with one attached hydrogen (secondary N) is 1. The zero-order valence-corrected chi connectivity index (χ0v) is 14.8. The molecule has 3 unspecified atom stereocenters. The molecule has 21 heavy (non-hydrogen) atoms. The van der Waals surface area contributed by atoms with Gasteiger partial charge in [-0.15, -0.1) is 0 Å². The molecule has 1 N–H and O–H groups in total. The number of hydrogen-bond acceptors (Lipinski definition) is 1. The van der Waals surface area contributed by atoms with Crippen molar-refractivity contribution in [1.29, 1.82) is 0 Å². The van der Waals surface area contributed by atoms with Crippen molar-refractivity contribution < 1.29 is 0 Å². The van der Waals surface area contributed by atoms with Gasteiger partial charge < -0.3 is 5.32 Å². The Balaban J connectivity index is 2.11. The van der Waals surface area contributed by atoms with Crippen molar-refractivity contribution in [3.63, 3.8) is 0 Å². The second-order valence-corrected chi connectivity index (χ2v) is 8.11. The molecule has 0 heterocycles. The van der Waals surface area contributed by atoms with Crippen molar-refractivity contribution >= 4 is 0 Å². The van der Waals surface area contributed by atoms with E-state index in [-0.39, 0.29) is 0 Å². The summed E-state index contributed by atoms with van der Waals surface area (Å²) >= 11 is 0. The molecule has 0 radical (unpaired) electrons. The van der Waals surface area contributed by atoms with Crippen molar-refractivity contribution in [2.45, 2.75) is 79.3 Å². The first-order valence-corrected chi connectivity index (χ1v) is 8.62. The first-order valence-electron chi connectivity index (χ1n) is 8.62. The van der Waals surface area contributed by atoms with E-state index in [1.54, 1.807) is 0 Å². The van der Waals surface area contributed by atoms with Gasteiger partial charge in [0, 0.05) is 12.1 Å². The molecule has 1 aliphatic rings. The predicted octanol–water partition coefficient (Wildman–Crippen LogP) is 5.56. The third-order valence-electron chi connectivity index (χ3n) is 5.23. The largest absolute Gasteiger partial charge is 0.307 e. The van der Waals surface area contributed by atoms with Crippen LogP contribution in [0.1, 0.15) is 76.1 Å². The lowest BCUT2D eigenvalue weighted by Gasteiger charge is -2.42. The smallest absolute Gasteiger partial charge is 0.0297 e. The molecule has 0 saturated heterocycles. The van der Waals surface area contributed by atoms with Crippen LogP contribution in [0.25, 0.3) is 0 Å². The summed E-state index contributed by atoms with van der Waals surface area (Å²) in [5.74, 6) is 0.791. The molecule has 1 aromatic carbocycles. The summed E-state index contributed by atoms with van der Waals surface area (Å²) in [6.07, 6.45) is 5.49. The normalized spacial score (nSPS) is 24.9. The van der Waals surface area contributed by atoms with E-state index in [1.807, 2.05) is 0 Å². The van der Waals surface area contributed by atoms with Crippen molar-refractivity contribution in [3.05, 3.63) is 34.9 Å². The van der Waals surface area contributed by atoms with E-state index >= 15 is 0 Å². The Hall–Kier alpha value is -0.820. The summed E-state index contributed by atoms with van der Waals surface area (Å²) in [6, 6.07) is 7.95. The summed E-state index contributed by atoms with van der Waals surface area (Å²) in [4.78, 5) is 0. The average molecular weight is 287 g/mol. The van der Waals surface area contributed by atoms with Crippen LogP contribution in [0.4, 0.5) is 0 Å². The van der Waals surface area contributed by atoms with Crippen LogP contribution in [0.2, 0.25) is 0 Å². The zero-order chi connectivity index (χ0) is 15.6. The second kappa shape index (κ2) is 6.52. The molecule has 1 nitrogen and oxygen atoms in total. The quantitative estimate of drug-likeness (QED) is 0.767. The summed E-state index contributed by atoms with van der Waals surface area (Å²) in [5.41, 5.74) is 4.63. The van der Waals surface area contributed by atoms with Gasteiger partial charge in [-0.25, -0.2) is 0 Å². The highest BCUT2D eigenvalue weighted by atomic mass is 15.0. The predicted molar refractivity (Wildman–Crippen MR) is 92.7 cm³/mol. The number of hydrogen-bond donors (Lipinski definition) is 1. The van der Waals surface area contributed by atoms with Gasteiger partial charge in [0.2, 0.25) is 0 Å². The molecule has 0 aromatic heterocycles. The molecule has 0 amide bonds. The Labute approximate surface area is 131 Å². The van der Waals surface area contributed by atoms with Gasteiger partial charge in [0.25, 0.3) is 0 Å². The first-order chi connectivity index (χ1) is 9.79. The van der Waals surface area contributed by atoms with E-state index in [9.17, 15) is 0 Å². The first kappa shape index (κ1) is 16.5. The highest BCUT2D eigenvalue weighted by molar-refractivity contribution is 5.32. The maximum absolute atomic E-state index is 3.95. The van der Waals surface area contributed by atoms with Crippen LogP contribution in [-0.4, -0.2) is 6.04 Å². The molecule has 1 aromatic rings. The molecular formula is C20H33N. The average Bonchev–Trinajstić information content (AvgIpc) is 2.37. The van der Waals surface area contributed by atoms with Gasteiger partial charge in [0.15, 0.2) is 0 Å². The van der Waals surface area contributed by atoms with Crippen LogP contribution in [0.3, 0.4) is 0 Å². The lowest BCUT2D eigenvalue weighted by Crippen LogP contribution is -2.45. The number of aryl methyl sites for hydroxylation is 2. The third kappa shape index (κ3) is 4.10. The minimum absolute atomic E-state index is 0.403. The Morgan fingerprint density at radius 3 is 2.38 bits per heavy atom. The molecule has 118 valence electrons. The minimum Gasteiger partial charge on any atom is -0.307 e. The molecule has 0 spiro atoms. The van der Waals surface area contributed by atoms with Gasteiger partial charge >= 0.3 is 0 Å². The van der Waals surface area contributed by atoms with Crippen molar-refractivity contribution in [3.8, 4) is 0 Å². The molecule has 0 aliphatic heterocycles. The van der Waals surface area contributed by atoms with E-state index in [2.05, 4.69) is 65.1 Å². The molecule has 0 bridgehead atoms. The van der Waals surface area contributed by atoms with E-state index in [0.717, 1.165) is 5.92 Å². The monoisotopic (exact) mass is 287 g/mol.